The zero-order valence-electron chi connectivity index (χ0n) is 25.8. The van der Waals surface area contributed by atoms with Gasteiger partial charge < -0.3 is 42.7 Å². The summed E-state index contributed by atoms with van der Waals surface area (Å²) in [7, 11) is 0. The molecule has 0 aliphatic rings. The first kappa shape index (κ1) is 33.9. The highest BCUT2D eigenvalue weighted by atomic mass is 32.1. The largest absolute Gasteiger partial charge is 0.508 e. The number of rotatable bonds is 15. The van der Waals surface area contributed by atoms with Crippen LogP contribution in [0.5, 0.6) is 5.75 Å². The molecule has 3 atom stereocenters. The Labute approximate surface area is 280 Å². The molecule has 3 aromatic carbocycles. The van der Waals surface area contributed by atoms with Gasteiger partial charge in [-0.3, -0.25) is 9.59 Å². The number of aliphatic hydroxyl groups excluding tert-OH is 1. The normalized spacial score (nSPS) is 13.9. The first-order chi connectivity index (χ1) is 22.5. The number of amides is 2. The molecule has 11 heteroatoms. The smallest absolute Gasteiger partial charge is 0.262 e. The van der Waals surface area contributed by atoms with Crippen LogP contribution in [0.25, 0.3) is 20.2 Å². The van der Waals surface area contributed by atoms with Gasteiger partial charge in [0, 0.05) is 40.1 Å². The maximum Gasteiger partial charge on any atom is 0.262 e. The molecular weight excluding hydrogens is 635 g/mol. The lowest BCUT2D eigenvalue weighted by Crippen LogP contribution is -2.60. The fourth-order valence-corrected chi connectivity index (χ4v) is 7.17. The van der Waals surface area contributed by atoms with E-state index in [1.165, 1.54) is 41.7 Å². The lowest BCUT2D eigenvalue weighted by Gasteiger charge is -2.39. The highest BCUT2D eigenvalue weighted by molar-refractivity contribution is 7.20. The van der Waals surface area contributed by atoms with Crippen molar-refractivity contribution in [3.63, 3.8) is 0 Å². The van der Waals surface area contributed by atoms with Crippen LogP contribution in [0.2, 0.25) is 0 Å². The zero-order chi connectivity index (χ0) is 33.6. The number of carbonyl (C=O) groups excluding carboxylic acids is 4. The van der Waals surface area contributed by atoms with E-state index < -0.39 is 29.6 Å². The molecular formula is C36H36N3O6S2-. The van der Waals surface area contributed by atoms with E-state index in [-0.39, 0.29) is 43.1 Å². The standard InChI is InChI=1S/C36H36N3O6S2/c1-22(40)8-7-13-32(42)36(2,39-35(45)31-20-25-10-4-6-12-29(25)47-31)21-37-33(43)27(18-23-14-16-26(41)17-15-23)38-34(44)30-19-24-9-3-5-11-28(24)46-30/h3-6,9-12,14-17,19-20,27,35,39,41,45H,2,7-8,13,18,21H2,1H3,(H,37,43)(H,38,44)/q-1. The van der Waals surface area contributed by atoms with E-state index in [4.69, 9.17) is 0 Å². The van der Waals surface area contributed by atoms with Gasteiger partial charge in [-0.05, 0) is 71.6 Å². The van der Waals surface area contributed by atoms with Crippen LogP contribution in [0.3, 0.4) is 0 Å². The number of fused-ring (bicyclic) bond motifs is 2. The highest BCUT2D eigenvalue weighted by Crippen LogP contribution is 2.30. The summed E-state index contributed by atoms with van der Waals surface area (Å²) in [4.78, 5) is 53.2. The quantitative estimate of drug-likeness (QED) is 0.0735. The maximum atomic E-state index is 13.8. The monoisotopic (exact) mass is 670 g/mol. The van der Waals surface area contributed by atoms with Crippen LogP contribution >= 0.6 is 22.7 Å². The van der Waals surface area contributed by atoms with Crippen molar-refractivity contribution in [2.24, 2.45) is 0 Å². The summed E-state index contributed by atoms with van der Waals surface area (Å²) in [5, 5.41) is 31.3. The number of hydrogen-bond acceptors (Lipinski definition) is 9. The van der Waals surface area contributed by atoms with Crippen molar-refractivity contribution in [1.82, 2.24) is 16.0 Å². The molecule has 244 valence electrons. The van der Waals surface area contributed by atoms with Gasteiger partial charge in [-0.1, -0.05) is 48.5 Å². The molecule has 0 aliphatic carbocycles. The number of nitrogens with one attached hydrogen (secondary N) is 3. The van der Waals surface area contributed by atoms with Crippen molar-refractivity contribution in [2.45, 2.75) is 50.4 Å². The van der Waals surface area contributed by atoms with Crippen LogP contribution in [0.1, 0.15) is 52.5 Å². The van der Waals surface area contributed by atoms with E-state index in [0.29, 0.717) is 21.7 Å². The number of ketones is 2. The zero-order valence-corrected chi connectivity index (χ0v) is 27.5. The third kappa shape index (κ3) is 8.69. The molecule has 2 heterocycles. The van der Waals surface area contributed by atoms with Gasteiger partial charge in [0.25, 0.3) is 5.91 Å². The number of hydrogen-bond donors (Lipinski definition) is 5. The summed E-state index contributed by atoms with van der Waals surface area (Å²) in [5.41, 5.74) is -0.959. The third-order valence-corrected chi connectivity index (χ3v) is 10.1. The fourth-order valence-electron chi connectivity index (χ4n) is 5.20. The molecule has 2 amide bonds. The minimum Gasteiger partial charge on any atom is -0.508 e. The number of aromatic hydroxyl groups is 1. The van der Waals surface area contributed by atoms with Gasteiger partial charge in [0.1, 0.15) is 29.6 Å². The second kappa shape index (κ2) is 15.0. The Kier molecular flexibility index (Phi) is 10.8. The van der Waals surface area contributed by atoms with Crippen molar-refractivity contribution < 1.29 is 29.4 Å². The van der Waals surface area contributed by atoms with Gasteiger partial charge in [0.15, 0.2) is 0 Å². The third-order valence-electron chi connectivity index (χ3n) is 7.81. The summed E-state index contributed by atoms with van der Waals surface area (Å²) in [5.74, 6) is -1.36. The van der Waals surface area contributed by atoms with E-state index >= 15 is 0 Å². The topological polar surface area (TPSA) is 145 Å². The summed E-state index contributed by atoms with van der Waals surface area (Å²) in [6, 6.07) is 24.1. The molecule has 0 saturated heterocycles. The van der Waals surface area contributed by atoms with Gasteiger partial charge in [-0.2, -0.15) is 0 Å². The maximum absolute atomic E-state index is 13.8. The van der Waals surface area contributed by atoms with Crippen molar-refractivity contribution in [3.05, 3.63) is 107 Å². The minimum atomic E-state index is -1.65. The molecule has 0 spiro atoms. The van der Waals surface area contributed by atoms with E-state index in [9.17, 15) is 29.4 Å². The first-order valence-corrected chi connectivity index (χ1v) is 16.8. The molecule has 0 radical (unpaired) electrons. The molecule has 0 saturated carbocycles. The summed E-state index contributed by atoms with van der Waals surface area (Å²) in [6.07, 6.45) is -0.638. The number of phenolic OH excluding ortho intramolecular Hbond substituents is 1. The Morgan fingerprint density at radius 1 is 0.872 bits per heavy atom. The second-order valence-corrected chi connectivity index (χ2v) is 13.8. The van der Waals surface area contributed by atoms with Gasteiger partial charge in [-0.15, -0.1) is 22.7 Å². The van der Waals surface area contributed by atoms with E-state index in [1.54, 1.807) is 18.2 Å². The van der Waals surface area contributed by atoms with Crippen LogP contribution in [0.4, 0.5) is 0 Å². The lowest BCUT2D eigenvalue weighted by atomic mass is 9.91. The Hall–Kier alpha value is -4.42. The fraction of sp³-hybridized carbons (Fsp3) is 0.250. The number of Topliss-reactive ketones (excluding diaryl/α,β-unsaturated/α-hetero) is 2. The molecule has 5 aromatic rings. The molecule has 0 aliphatic heterocycles. The van der Waals surface area contributed by atoms with Gasteiger partial charge >= 0.3 is 0 Å². The average Bonchev–Trinajstić information content (AvgIpc) is 3.69. The second-order valence-electron chi connectivity index (χ2n) is 11.6. The van der Waals surface area contributed by atoms with Crippen molar-refractivity contribution in [1.29, 1.82) is 0 Å². The lowest BCUT2D eigenvalue weighted by molar-refractivity contribution is -0.127. The molecule has 5 rings (SSSR count). The number of thiophene rings is 2. The molecule has 0 fully saturated rings. The van der Waals surface area contributed by atoms with Gasteiger partial charge in [-0.25, -0.2) is 0 Å². The SMILES string of the molecule is [CH2-]C(CNC(=O)C(Cc1ccc(O)cc1)NC(=O)c1cc2ccccc2s1)(NC(O)c1cc2ccccc2s1)C(=O)CCCC(C)=O. The summed E-state index contributed by atoms with van der Waals surface area (Å²) >= 11 is 2.68. The molecule has 0 bridgehead atoms. The Balaban J connectivity index is 1.35. The summed E-state index contributed by atoms with van der Waals surface area (Å²) < 4.78 is 1.90. The van der Waals surface area contributed by atoms with Crippen LogP contribution in [-0.4, -0.2) is 51.7 Å². The van der Waals surface area contributed by atoms with Crippen LogP contribution in [0.15, 0.2) is 84.9 Å². The number of benzene rings is 3. The van der Waals surface area contributed by atoms with E-state index in [0.717, 1.165) is 20.2 Å². The molecule has 9 nitrogen and oxygen atoms in total. The van der Waals surface area contributed by atoms with Crippen molar-refractivity contribution in [2.75, 3.05) is 6.54 Å². The van der Waals surface area contributed by atoms with Crippen LogP contribution < -0.4 is 16.0 Å². The highest BCUT2D eigenvalue weighted by Gasteiger charge is 2.31. The number of carbonyl (C=O) groups is 4. The Morgan fingerprint density at radius 2 is 1.51 bits per heavy atom. The van der Waals surface area contributed by atoms with Crippen molar-refractivity contribution in [3.8, 4) is 5.75 Å². The minimum absolute atomic E-state index is 0.00466. The molecule has 5 N–H and O–H groups in total. The number of phenols is 1. The van der Waals surface area contributed by atoms with Crippen LogP contribution in [0, 0.1) is 6.92 Å². The Morgan fingerprint density at radius 3 is 2.15 bits per heavy atom. The van der Waals surface area contributed by atoms with E-state index in [1.807, 2.05) is 54.6 Å². The van der Waals surface area contributed by atoms with Crippen LogP contribution in [-0.2, 0) is 20.8 Å². The molecule has 3 unspecified atom stereocenters. The molecule has 2 aromatic heterocycles. The van der Waals surface area contributed by atoms with Gasteiger partial charge in [0.2, 0.25) is 5.91 Å². The van der Waals surface area contributed by atoms with E-state index in [2.05, 4.69) is 22.9 Å². The predicted octanol–water partition coefficient (Wildman–Crippen LogP) is 5.46. The summed E-state index contributed by atoms with van der Waals surface area (Å²) in [6.45, 7) is 5.27. The number of aliphatic hydroxyl groups is 1. The van der Waals surface area contributed by atoms with Crippen molar-refractivity contribution >= 4 is 66.2 Å². The molecule has 47 heavy (non-hydrogen) atoms. The first-order valence-electron chi connectivity index (χ1n) is 15.2. The predicted molar refractivity (Wildman–Crippen MR) is 185 cm³/mol. The average molecular weight is 671 g/mol. The van der Waals surface area contributed by atoms with Gasteiger partial charge in [0.05, 0.1) is 4.88 Å². The Bertz CT molecular complexity index is 1830.